The second-order valence-electron chi connectivity index (χ2n) is 6.10. The summed E-state index contributed by atoms with van der Waals surface area (Å²) in [5.41, 5.74) is 8.15. The van der Waals surface area contributed by atoms with Crippen molar-refractivity contribution < 1.29 is 4.79 Å². The van der Waals surface area contributed by atoms with E-state index in [9.17, 15) is 4.79 Å². The van der Waals surface area contributed by atoms with Crippen LogP contribution in [0.1, 0.15) is 39.7 Å². The predicted octanol–water partition coefficient (Wildman–Crippen LogP) is 3.11. The molecular formula is C16H26N2O. The van der Waals surface area contributed by atoms with E-state index in [0.717, 1.165) is 11.3 Å². The first-order valence-electron chi connectivity index (χ1n) is 6.89. The third kappa shape index (κ3) is 4.06. The van der Waals surface area contributed by atoms with E-state index in [1.54, 1.807) is 0 Å². The van der Waals surface area contributed by atoms with Crippen molar-refractivity contribution in [3.05, 3.63) is 29.8 Å². The van der Waals surface area contributed by atoms with E-state index in [1.807, 2.05) is 43.0 Å². The number of rotatable bonds is 4. The number of nitrogens with two attached hydrogens (primary N) is 1. The van der Waals surface area contributed by atoms with E-state index < -0.39 is 0 Å². The third-order valence-corrected chi connectivity index (χ3v) is 3.53. The smallest absolute Gasteiger partial charge is 0.228 e. The number of benzene rings is 1. The summed E-state index contributed by atoms with van der Waals surface area (Å²) in [4.78, 5) is 14.3. The number of carbonyl (C=O) groups excluding carboxylic acids is 1. The number of carbonyl (C=O) groups is 1. The Hall–Kier alpha value is -1.35. The number of hydrogen-bond donors (Lipinski definition) is 1. The molecule has 1 rings (SSSR count). The van der Waals surface area contributed by atoms with Crippen molar-refractivity contribution in [3.8, 4) is 0 Å². The number of para-hydroxylation sites is 1. The molecule has 2 N–H and O–H groups in total. The zero-order chi connectivity index (χ0) is 14.6. The minimum absolute atomic E-state index is 0.0548. The summed E-state index contributed by atoms with van der Waals surface area (Å²) >= 11 is 0. The lowest BCUT2D eigenvalue weighted by molar-refractivity contribution is -0.119. The summed E-state index contributed by atoms with van der Waals surface area (Å²) in [5.74, 6) is 0.0965. The van der Waals surface area contributed by atoms with Crippen molar-refractivity contribution in [2.75, 3.05) is 11.4 Å². The molecule has 1 unspecified atom stereocenters. The molecule has 0 heterocycles. The largest absolute Gasteiger partial charge is 0.327 e. The van der Waals surface area contributed by atoms with E-state index in [2.05, 4.69) is 20.8 Å². The Balaban J connectivity index is 2.87. The van der Waals surface area contributed by atoms with Crippen LogP contribution >= 0.6 is 0 Å². The van der Waals surface area contributed by atoms with Gasteiger partial charge >= 0.3 is 0 Å². The Morgan fingerprint density at radius 3 is 2.37 bits per heavy atom. The molecule has 1 amide bonds. The maximum atomic E-state index is 12.4. The van der Waals surface area contributed by atoms with Crippen LogP contribution in [0.15, 0.2) is 24.3 Å². The van der Waals surface area contributed by atoms with Gasteiger partial charge in [-0.25, -0.2) is 0 Å². The van der Waals surface area contributed by atoms with Gasteiger partial charge in [0.2, 0.25) is 5.91 Å². The number of aryl methyl sites for hydroxylation is 1. The standard InChI is InChI=1S/C16H26N2O/c1-6-18(13-10-8-7-9-12(13)2)15(19)11-14(17)16(3,4)5/h7-10,14H,6,11,17H2,1-5H3. The van der Waals surface area contributed by atoms with Gasteiger partial charge in [-0.1, -0.05) is 39.0 Å². The Morgan fingerprint density at radius 1 is 1.32 bits per heavy atom. The van der Waals surface area contributed by atoms with Crippen molar-refractivity contribution >= 4 is 11.6 Å². The quantitative estimate of drug-likeness (QED) is 0.906. The van der Waals surface area contributed by atoms with Gasteiger partial charge in [0.1, 0.15) is 0 Å². The summed E-state index contributed by atoms with van der Waals surface area (Å²) in [5, 5.41) is 0. The first kappa shape index (κ1) is 15.7. The van der Waals surface area contributed by atoms with Gasteiger partial charge in [0.25, 0.3) is 0 Å². The Labute approximate surface area is 116 Å². The fourth-order valence-electron chi connectivity index (χ4n) is 1.95. The predicted molar refractivity (Wildman–Crippen MR) is 81.3 cm³/mol. The molecule has 0 fully saturated rings. The second-order valence-corrected chi connectivity index (χ2v) is 6.10. The van der Waals surface area contributed by atoms with E-state index in [-0.39, 0.29) is 17.4 Å². The molecule has 0 aliphatic rings. The molecule has 0 bridgehead atoms. The average Bonchev–Trinajstić information content (AvgIpc) is 2.31. The lowest BCUT2D eigenvalue weighted by Gasteiger charge is -2.30. The molecule has 0 spiro atoms. The molecule has 1 atom stereocenters. The Morgan fingerprint density at radius 2 is 1.89 bits per heavy atom. The molecule has 106 valence electrons. The second kappa shape index (κ2) is 6.20. The van der Waals surface area contributed by atoms with Gasteiger partial charge < -0.3 is 10.6 Å². The van der Waals surface area contributed by atoms with Crippen molar-refractivity contribution in [2.24, 2.45) is 11.1 Å². The normalized spacial score (nSPS) is 13.2. The Bertz CT molecular complexity index is 435. The van der Waals surface area contributed by atoms with E-state index in [4.69, 9.17) is 5.73 Å². The molecular weight excluding hydrogens is 236 g/mol. The number of hydrogen-bond acceptors (Lipinski definition) is 2. The summed E-state index contributed by atoms with van der Waals surface area (Å²) in [6.45, 7) is 10.9. The van der Waals surface area contributed by atoms with Crippen molar-refractivity contribution in [3.63, 3.8) is 0 Å². The first-order chi connectivity index (χ1) is 8.77. The highest BCUT2D eigenvalue weighted by atomic mass is 16.2. The van der Waals surface area contributed by atoms with Gasteiger partial charge in [0.15, 0.2) is 0 Å². The summed E-state index contributed by atoms with van der Waals surface area (Å²) in [6.07, 6.45) is 0.381. The molecule has 3 nitrogen and oxygen atoms in total. The van der Waals surface area contributed by atoms with Crippen LogP contribution in [0.3, 0.4) is 0 Å². The van der Waals surface area contributed by atoms with Crippen LogP contribution in [0.5, 0.6) is 0 Å². The van der Waals surface area contributed by atoms with Crippen LogP contribution in [0.2, 0.25) is 0 Å². The zero-order valence-electron chi connectivity index (χ0n) is 12.7. The van der Waals surface area contributed by atoms with Crippen molar-refractivity contribution in [2.45, 2.75) is 47.1 Å². The van der Waals surface area contributed by atoms with Crippen LogP contribution in [0.4, 0.5) is 5.69 Å². The lowest BCUT2D eigenvalue weighted by Crippen LogP contribution is -2.42. The fraction of sp³-hybridized carbons (Fsp3) is 0.562. The van der Waals surface area contributed by atoms with Crippen molar-refractivity contribution in [1.29, 1.82) is 0 Å². The highest BCUT2D eigenvalue weighted by Gasteiger charge is 2.26. The number of amides is 1. The van der Waals surface area contributed by atoms with Gasteiger partial charge in [-0.3, -0.25) is 4.79 Å². The molecule has 3 heteroatoms. The third-order valence-electron chi connectivity index (χ3n) is 3.53. The molecule has 0 radical (unpaired) electrons. The highest BCUT2D eigenvalue weighted by Crippen LogP contribution is 2.24. The maximum absolute atomic E-state index is 12.4. The van der Waals surface area contributed by atoms with Gasteiger partial charge in [0.05, 0.1) is 0 Å². The fourth-order valence-corrected chi connectivity index (χ4v) is 1.95. The van der Waals surface area contributed by atoms with E-state index >= 15 is 0 Å². The molecule has 0 saturated carbocycles. The Kier molecular flexibility index (Phi) is 5.12. The van der Waals surface area contributed by atoms with Crippen molar-refractivity contribution in [1.82, 2.24) is 0 Å². The molecule has 1 aromatic rings. The summed E-state index contributed by atoms with van der Waals surface area (Å²) in [7, 11) is 0. The van der Waals surface area contributed by atoms with Crippen LogP contribution in [0.25, 0.3) is 0 Å². The highest BCUT2D eigenvalue weighted by molar-refractivity contribution is 5.94. The maximum Gasteiger partial charge on any atom is 0.228 e. The van der Waals surface area contributed by atoms with Crippen LogP contribution in [0, 0.1) is 12.3 Å². The van der Waals surface area contributed by atoms with E-state index in [1.165, 1.54) is 0 Å². The van der Waals surface area contributed by atoms with Gasteiger partial charge in [-0.15, -0.1) is 0 Å². The van der Waals surface area contributed by atoms with Crippen LogP contribution in [-0.2, 0) is 4.79 Å². The average molecular weight is 262 g/mol. The molecule has 0 aromatic heterocycles. The zero-order valence-corrected chi connectivity index (χ0v) is 12.7. The number of nitrogens with zero attached hydrogens (tertiary/aromatic N) is 1. The summed E-state index contributed by atoms with van der Waals surface area (Å²) < 4.78 is 0. The number of anilines is 1. The van der Waals surface area contributed by atoms with Gasteiger partial charge in [-0.05, 0) is 30.9 Å². The molecule has 19 heavy (non-hydrogen) atoms. The summed E-state index contributed by atoms with van der Waals surface area (Å²) in [6, 6.07) is 7.83. The van der Waals surface area contributed by atoms with Crippen LogP contribution in [-0.4, -0.2) is 18.5 Å². The lowest BCUT2D eigenvalue weighted by atomic mass is 9.85. The van der Waals surface area contributed by atoms with E-state index in [0.29, 0.717) is 13.0 Å². The molecule has 0 saturated heterocycles. The molecule has 0 aliphatic carbocycles. The molecule has 0 aliphatic heterocycles. The van der Waals surface area contributed by atoms with Gasteiger partial charge in [-0.2, -0.15) is 0 Å². The molecule has 1 aromatic carbocycles. The minimum Gasteiger partial charge on any atom is -0.327 e. The minimum atomic E-state index is -0.127. The monoisotopic (exact) mass is 262 g/mol. The van der Waals surface area contributed by atoms with Crippen LogP contribution < -0.4 is 10.6 Å². The SMILES string of the molecule is CCN(C(=O)CC(N)C(C)(C)C)c1ccccc1C. The topological polar surface area (TPSA) is 46.3 Å². The first-order valence-corrected chi connectivity index (χ1v) is 6.89. The van der Waals surface area contributed by atoms with Gasteiger partial charge in [0, 0.05) is 24.7 Å².